The zero-order valence-corrected chi connectivity index (χ0v) is 19.3. The molecule has 7 nitrogen and oxygen atoms in total. The molecule has 0 spiro atoms. The van der Waals surface area contributed by atoms with Crippen LogP contribution < -0.4 is 10.1 Å². The molecule has 1 N–H and O–H groups in total. The number of nitrogens with zero attached hydrogens (tertiary/aromatic N) is 3. The fourth-order valence-electron chi connectivity index (χ4n) is 3.09. The van der Waals surface area contributed by atoms with Crippen molar-refractivity contribution < 1.29 is 13.9 Å². The van der Waals surface area contributed by atoms with Crippen molar-refractivity contribution in [1.29, 1.82) is 0 Å². The first-order valence-corrected chi connectivity index (χ1v) is 11.2. The second kappa shape index (κ2) is 9.68. The number of amides is 1. The second-order valence-corrected chi connectivity index (χ2v) is 8.44. The van der Waals surface area contributed by atoms with Gasteiger partial charge in [-0.15, -0.1) is 16.8 Å². The van der Waals surface area contributed by atoms with Crippen LogP contribution in [0.3, 0.4) is 0 Å². The molecule has 2 aromatic heterocycles. The van der Waals surface area contributed by atoms with Crippen LogP contribution in [-0.2, 0) is 11.3 Å². The number of furan rings is 1. The summed E-state index contributed by atoms with van der Waals surface area (Å²) in [5, 5.41) is 13.6. The highest BCUT2D eigenvalue weighted by atomic mass is 35.5. The second-order valence-electron chi connectivity index (χ2n) is 6.66. The highest BCUT2D eigenvalue weighted by molar-refractivity contribution is 7.99. The summed E-state index contributed by atoms with van der Waals surface area (Å²) in [6.07, 6.45) is 1.73. The van der Waals surface area contributed by atoms with Crippen molar-refractivity contribution >= 4 is 57.5 Å². The van der Waals surface area contributed by atoms with E-state index in [0.717, 1.165) is 5.39 Å². The van der Waals surface area contributed by atoms with Crippen molar-refractivity contribution in [2.45, 2.75) is 11.7 Å². The van der Waals surface area contributed by atoms with Gasteiger partial charge >= 0.3 is 0 Å². The first kappa shape index (κ1) is 22.3. The molecule has 2 aromatic carbocycles. The molecule has 164 valence electrons. The van der Waals surface area contributed by atoms with Crippen molar-refractivity contribution in [2.24, 2.45) is 0 Å². The molecule has 0 radical (unpaired) electrons. The Morgan fingerprint density at radius 2 is 2.12 bits per heavy atom. The largest absolute Gasteiger partial charge is 0.493 e. The van der Waals surface area contributed by atoms with Crippen LogP contribution in [0.25, 0.3) is 22.6 Å². The molecule has 0 bridgehead atoms. The first-order valence-electron chi connectivity index (χ1n) is 9.49. The van der Waals surface area contributed by atoms with Crippen LogP contribution in [-0.4, -0.2) is 33.5 Å². The lowest BCUT2D eigenvalue weighted by atomic mass is 10.2. The van der Waals surface area contributed by atoms with Gasteiger partial charge < -0.3 is 14.5 Å². The van der Waals surface area contributed by atoms with E-state index in [1.165, 1.54) is 11.8 Å². The SMILES string of the molecule is C=CCn1c(SCC(=O)Nc2ccc(Cl)cc2Cl)nnc1-c1cc2cccc(OC)c2o1. The van der Waals surface area contributed by atoms with Gasteiger partial charge in [0.1, 0.15) is 0 Å². The lowest BCUT2D eigenvalue weighted by Gasteiger charge is -2.08. The normalized spacial score (nSPS) is 11.0. The fourth-order valence-corrected chi connectivity index (χ4v) is 4.29. The molecule has 4 aromatic rings. The summed E-state index contributed by atoms with van der Waals surface area (Å²) in [5.74, 6) is 1.59. The van der Waals surface area contributed by atoms with Gasteiger partial charge in [0, 0.05) is 17.0 Å². The predicted molar refractivity (Wildman–Crippen MR) is 128 cm³/mol. The number of nitrogens with one attached hydrogen (secondary N) is 1. The van der Waals surface area contributed by atoms with Crippen LogP contribution in [0, 0.1) is 0 Å². The molecule has 0 fully saturated rings. The molecule has 0 aliphatic carbocycles. The van der Waals surface area contributed by atoms with Crippen molar-refractivity contribution in [3.63, 3.8) is 0 Å². The molecule has 0 atom stereocenters. The van der Waals surface area contributed by atoms with Crippen LogP contribution in [0.15, 0.2) is 64.7 Å². The molecule has 0 aliphatic rings. The molecule has 4 rings (SSSR count). The summed E-state index contributed by atoms with van der Waals surface area (Å²) in [6, 6.07) is 12.4. The number of carbonyl (C=O) groups is 1. The van der Waals surface area contributed by atoms with E-state index in [0.29, 0.717) is 50.4 Å². The van der Waals surface area contributed by atoms with Crippen LogP contribution in [0.1, 0.15) is 0 Å². The van der Waals surface area contributed by atoms with Crippen LogP contribution >= 0.6 is 35.0 Å². The maximum absolute atomic E-state index is 12.4. The molecular weight excluding hydrogens is 471 g/mol. The number of hydrogen-bond acceptors (Lipinski definition) is 6. The van der Waals surface area contributed by atoms with Crippen molar-refractivity contribution in [2.75, 3.05) is 18.2 Å². The number of carbonyl (C=O) groups excluding carboxylic acids is 1. The molecule has 1 amide bonds. The van der Waals surface area contributed by atoms with E-state index in [2.05, 4.69) is 22.1 Å². The Morgan fingerprint density at radius 1 is 1.28 bits per heavy atom. The van der Waals surface area contributed by atoms with Gasteiger partial charge in [-0.2, -0.15) is 0 Å². The number of aromatic nitrogens is 3. The average Bonchev–Trinajstić information content (AvgIpc) is 3.38. The van der Waals surface area contributed by atoms with Gasteiger partial charge in [0.2, 0.25) is 11.7 Å². The maximum atomic E-state index is 12.4. The van der Waals surface area contributed by atoms with Gasteiger partial charge in [0.15, 0.2) is 22.2 Å². The van der Waals surface area contributed by atoms with Crippen LogP contribution in [0.4, 0.5) is 5.69 Å². The number of hydrogen-bond donors (Lipinski definition) is 1. The zero-order chi connectivity index (χ0) is 22.7. The maximum Gasteiger partial charge on any atom is 0.234 e. The van der Waals surface area contributed by atoms with Gasteiger partial charge in [-0.3, -0.25) is 9.36 Å². The standard InChI is InChI=1S/C22H18Cl2N4O3S/c1-3-9-28-21(18-10-13-5-4-6-17(30-2)20(13)31-18)26-27-22(28)32-12-19(29)25-16-8-7-14(23)11-15(16)24/h3-8,10-11H,1,9,12H2,2H3,(H,25,29). The van der Waals surface area contributed by atoms with E-state index in [9.17, 15) is 4.79 Å². The minimum absolute atomic E-state index is 0.113. The van der Waals surface area contributed by atoms with Crippen molar-refractivity contribution in [3.8, 4) is 17.3 Å². The van der Waals surface area contributed by atoms with Gasteiger partial charge in [-0.1, -0.05) is 53.2 Å². The van der Waals surface area contributed by atoms with Gasteiger partial charge in [0.05, 0.1) is 23.6 Å². The summed E-state index contributed by atoms with van der Waals surface area (Å²) in [7, 11) is 1.59. The number of methoxy groups -OCH3 is 1. The smallest absolute Gasteiger partial charge is 0.234 e. The third-order valence-electron chi connectivity index (χ3n) is 4.51. The Kier molecular flexibility index (Phi) is 6.74. The number of anilines is 1. The molecule has 10 heteroatoms. The minimum Gasteiger partial charge on any atom is -0.493 e. The zero-order valence-electron chi connectivity index (χ0n) is 17.0. The number of ether oxygens (including phenoxy) is 1. The molecule has 2 heterocycles. The summed E-state index contributed by atoms with van der Waals surface area (Å²) in [4.78, 5) is 12.4. The highest BCUT2D eigenvalue weighted by Crippen LogP contribution is 2.34. The number of thioether (sulfide) groups is 1. The summed E-state index contributed by atoms with van der Waals surface area (Å²) < 4.78 is 13.2. The molecular formula is C22H18Cl2N4O3S. The molecule has 0 aliphatic heterocycles. The van der Waals surface area contributed by atoms with Crippen LogP contribution in [0.5, 0.6) is 5.75 Å². The predicted octanol–water partition coefficient (Wildman–Crippen LogP) is 5.92. The Bertz CT molecular complexity index is 1300. The minimum atomic E-state index is -0.234. The number of benzene rings is 2. The number of allylic oxidation sites excluding steroid dienone is 1. The highest BCUT2D eigenvalue weighted by Gasteiger charge is 2.19. The van der Waals surface area contributed by atoms with E-state index in [1.807, 2.05) is 28.8 Å². The molecule has 32 heavy (non-hydrogen) atoms. The summed E-state index contributed by atoms with van der Waals surface area (Å²) in [6.45, 7) is 4.26. The van der Waals surface area contributed by atoms with Gasteiger partial charge in [0.25, 0.3) is 0 Å². The quantitative estimate of drug-likeness (QED) is 0.244. The van der Waals surface area contributed by atoms with Crippen molar-refractivity contribution in [1.82, 2.24) is 14.8 Å². The van der Waals surface area contributed by atoms with Gasteiger partial charge in [-0.05, 0) is 30.3 Å². The third-order valence-corrected chi connectivity index (χ3v) is 6.03. The number of rotatable bonds is 8. The van der Waals surface area contributed by atoms with E-state index < -0.39 is 0 Å². The fraction of sp³-hybridized carbons (Fsp3) is 0.136. The summed E-state index contributed by atoms with van der Waals surface area (Å²) in [5.41, 5.74) is 1.12. The summed E-state index contributed by atoms with van der Waals surface area (Å²) >= 11 is 13.3. The first-order chi connectivity index (χ1) is 15.5. The Hall–Kier alpha value is -2.94. The Labute approximate surface area is 198 Å². The van der Waals surface area contributed by atoms with E-state index >= 15 is 0 Å². The monoisotopic (exact) mass is 488 g/mol. The molecule has 0 unspecified atom stereocenters. The van der Waals surface area contributed by atoms with Crippen LogP contribution in [0.2, 0.25) is 10.0 Å². The number of para-hydroxylation sites is 1. The number of halogens is 2. The Balaban J connectivity index is 1.54. The molecule has 0 saturated heterocycles. The number of fused-ring (bicyclic) bond motifs is 1. The topological polar surface area (TPSA) is 82.2 Å². The lowest BCUT2D eigenvalue weighted by molar-refractivity contribution is -0.113. The van der Waals surface area contributed by atoms with Crippen molar-refractivity contribution in [3.05, 3.63) is 65.2 Å². The molecule has 0 saturated carbocycles. The Morgan fingerprint density at radius 3 is 2.88 bits per heavy atom. The lowest BCUT2D eigenvalue weighted by Crippen LogP contribution is -2.15. The van der Waals surface area contributed by atoms with Gasteiger partial charge in [-0.25, -0.2) is 0 Å². The average molecular weight is 489 g/mol. The van der Waals surface area contributed by atoms with E-state index in [4.69, 9.17) is 32.4 Å². The van der Waals surface area contributed by atoms with E-state index in [1.54, 1.807) is 31.4 Å². The third kappa shape index (κ3) is 4.62. The van der Waals surface area contributed by atoms with E-state index in [-0.39, 0.29) is 11.7 Å².